The van der Waals surface area contributed by atoms with Crippen LogP contribution in [0.4, 0.5) is 0 Å². The van der Waals surface area contributed by atoms with Gasteiger partial charge in [0, 0.05) is 19.8 Å². The summed E-state index contributed by atoms with van der Waals surface area (Å²) in [5.41, 5.74) is 0.651. The summed E-state index contributed by atoms with van der Waals surface area (Å²) in [4.78, 5) is 0. The van der Waals surface area contributed by atoms with Crippen molar-refractivity contribution in [1.29, 1.82) is 0 Å². The Bertz CT molecular complexity index is 439. The minimum absolute atomic E-state index is 0.350. The summed E-state index contributed by atoms with van der Waals surface area (Å²) in [7, 11) is -2.23. The van der Waals surface area contributed by atoms with Crippen LogP contribution >= 0.6 is 0 Å². The standard InChI is InChI=1S/C21H42O7Si2/c1-29-28-30(2,11-5-10-24-14-20-17-27-20)21(6-3-8-22-12-18-15-25-18)7-4-9-23-13-19-16-26-19/h18-21H,3-17,29H2,1-2H3. The third kappa shape index (κ3) is 10.6. The average molecular weight is 463 g/mol. The van der Waals surface area contributed by atoms with E-state index in [1.54, 1.807) is 0 Å². The first-order valence-corrected chi connectivity index (χ1v) is 16.6. The third-order valence-electron chi connectivity index (χ3n) is 6.10. The van der Waals surface area contributed by atoms with Crippen LogP contribution in [0.2, 0.25) is 24.7 Å². The maximum Gasteiger partial charge on any atom is 0.179 e. The Morgan fingerprint density at radius 3 is 1.63 bits per heavy atom. The van der Waals surface area contributed by atoms with E-state index in [1.807, 2.05) is 0 Å². The predicted octanol–water partition coefficient (Wildman–Crippen LogP) is 2.28. The van der Waals surface area contributed by atoms with Crippen molar-refractivity contribution in [3.8, 4) is 0 Å². The molecule has 4 unspecified atom stereocenters. The minimum Gasteiger partial charge on any atom is -0.460 e. The summed E-state index contributed by atoms with van der Waals surface area (Å²) >= 11 is 0. The SMILES string of the molecule is C[SiH2]O[Si](C)(CCCOCC1CO1)C(CCCOCC1CO1)CCCOCC1CO1. The molecule has 0 aromatic heterocycles. The van der Waals surface area contributed by atoms with Crippen molar-refractivity contribution in [2.75, 3.05) is 59.5 Å². The van der Waals surface area contributed by atoms with Gasteiger partial charge in [-0.15, -0.1) is 0 Å². The zero-order chi connectivity index (χ0) is 21.1. The van der Waals surface area contributed by atoms with Crippen LogP contribution in [0.25, 0.3) is 0 Å². The van der Waals surface area contributed by atoms with Gasteiger partial charge in [0.15, 0.2) is 8.32 Å². The van der Waals surface area contributed by atoms with Gasteiger partial charge in [0.05, 0.1) is 39.6 Å². The van der Waals surface area contributed by atoms with Gasteiger partial charge < -0.3 is 32.5 Å². The molecule has 0 aromatic rings. The largest absolute Gasteiger partial charge is 0.460 e. The molecular weight excluding hydrogens is 420 g/mol. The molecule has 3 rings (SSSR count). The van der Waals surface area contributed by atoms with Gasteiger partial charge in [-0.2, -0.15) is 0 Å². The first-order chi connectivity index (χ1) is 14.7. The van der Waals surface area contributed by atoms with Crippen molar-refractivity contribution >= 4 is 18.1 Å². The summed E-state index contributed by atoms with van der Waals surface area (Å²) in [5, 5.41) is 0. The van der Waals surface area contributed by atoms with E-state index in [0.717, 1.165) is 78.7 Å². The fourth-order valence-electron chi connectivity index (χ4n) is 4.00. The molecule has 0 aliphatic carbocycles. The van der Waals surface area contributed by atoms with Crippen molar-refractivity contribution < 1.29 is 32.5 Å². The topological polar surface area (TPSA) is 74.5 Å². The van der Waals surface area contributed by atoms with Crippen LogP contribution in [-0.2, 0) is 32.5 Å². The lowest BCUT2D eigenvalue weighted by atomic mass is 10.1. The maximum atomic E-state index is 6.62. The fraction of sp³-hybridized carbons (Fsp3) is 1.00. The van der Waals surface area contributed by atoms with Crippen molar-refractivity contribution in [3.63, 3.8) is 0 Å². The monoisotopic (exact) mass is 462 g/mol. The van der Waals surface area contributed by atoms with Gasteiger partial charge in [-0.25, -0.2) is 0 Å². The second kappa shape index (κ2) is 13.6. The van der Waals surface area contributed by atoms with Crippen LogP contribution in [0, 0.1) is 0 Å². The lowest BCUT2D eigenvalue weighted by Gasteiger charge is -2.36. The molecule has 176 valence electrons. The molecule has 7 nitrogen and oxygen atoms in total. The Hall–Kier alpha value is 0.154. The second-order valence-electron chi connectivity index (χ2n) is 8.92. The van der Waals surface area contributed by atoms with Gasteiger partial charge >= 0.3 is 0 Å². The summed E-state index contributed by atoms with van der Waals surface area (Å²) in [5.74, 6) is 0. The van der Waals surface area contributed by atoms with Crippen molar-refractivity contribution in [2.45, 2.75) is 75.1 Å². The molecule has 0 radical (unpaired) electrons. The highest BCUT2D eigenvalue weighted by molar-refractivity contribution is 6.77. The highest BCUT2D eigenvalue weighted by Crippen LogP contribution is 2.36. The number of hydrogen-bond donors (Lipinski definition) is 0. The number of hydrogen-bond acceptors (Lipinski definition) is 7. The second-order valence-corrected chi connectivity index (χ2v) is 14.6. The molecule has 3 aliphatic heterocycles. The Morgan fingerprint density at radius 1 is 0.800 bits per heavy atom. The minimum atomic E-state index is -1.79. The van der Waals surface area contributed by atoms with Crippen LogP contribution in [0.15, 0.2) is 0 Å². The van der Waals surface area contributed by atoms with Crippen LogP contribution in [0.1, 0.15) is 32.1 Å². The van der Waals surface area contributed by atoms with Gasteiger partial charge in [-0.1, -0.05) is 6.55 Å². The van der Waals surface area contributed by atoms with Crippen LogP contribution in [0.5, 0.6) is 0 Å². The lowest BCUT2D eigenvalue weighted by molar-refractivity contribution is 0.108. The van der Waals surface area contributed by atoms with Crippen molar-refractivity contribution in [2.24, 2.45) is 0 Å². The molecule has 0 bridgehead atoms. The maximum absolute atomic E-state index is 6.62. The Kier molecular flexibility index (Phi) is 11.3. The van der Waals surface area contributed by atoms with E-state index < -0.39 is 18.1 Å². The third-order valence-corrected chi connectivity index (χ3v) is 13.5. The highest BCUT2D eigenvalue weighted by atomic mass is 28.4. The quantitative estimate of drug-likeness (QED) is 0.147. The van der Waals surface area contributed by atoms with Crippen molar-refractivity contribution in [3.05, 3.63) is 0 Å². The lowest BCUT2D eigenvalue weighted by Crippen LogP contribution is -2.41. The Morgan fingerprint density at radius 2 is 1.23 bits per heavy atom. The summed E-state index contributed by atoms with van der Waals surface area (Å²) in [6.07, 6.45) is 6.71. The molecule has 3 heterocycles. The van der Waals surface area contributed by atoms with Gasteiger partial charge in [0.25, 0.3) is 0 Å². The molecular formula is C21H42O7Si2. The van der Waals surface area contributed by atoms with E-state index in [-0.39, 0.29) is 0 Å². The van der Waals surface area contributed by atoms with E-state index in [2.05, 4.69) is 13.1 Å². The molecule has 0 saturated carbocycles. The molecule has 4 atom stereocenters. The average Bonchev–Trinajstić information content (AvgIpc) is 3.57. The molecule has 0 spiro atoms. The molecule has 0 N–H and O–H groups in total. The molecule has 3 saturated heterocycles. The van der Waals surface area contributed by atoms with E-state index in [9.17, 15) is 0 Å². The summed E-state index contributed by atoms with van der Waals surface area (Å²) in [6, 6.07) is 1.18. The Labute approximate surface area is 185 Å². The van der Waals surface area contributed by atoms with Crippen LogP contribution in [-0.4, -0.2) is 95.9 Å². The fourth-order valence-corrected chi connectivity index (χ4v) is 11.0. The van der Waals surface area contributed by atoms with E-state index >= 15 is 0 Å². The predicted molar refractivity (Wildman–Crippen MR) is 120 cm³/mol. The van der Waals surface area contributed by atoms with E-state index in [4.69, 9.17) is 32.5 Å². The number of epoxide rings is 3. The first kappa shape index (κ1) is 24.8. The summed E-state index contributed by atoms with van der Waals surface area (Å²) < 4.78 is 39.6. The smallest absolute Gasteiger partial charge is 0.179 e. The number of rotatable bonds is 21. The molecule has 0 aromatic carbocycles. The zero-order valence-corrected chi connectivity index (χ0v) is 21.4. The van der Waals surface area contributed by atoms with E-state index in [1.165, 1.54) is 18.9 Å². The van der Waals surface area contributed by atoms with Crippen molar-refractivity contribution in [1.82, 2.24) is 0 Å². The molecule has 3 aliphatic rings. The molecule has 0 amide bonds. The Balaban J connectivity index is 1.39. The summed E-state index contributed by atoms with van der Waals surface area (Å²) in [6.45, 7) is 12.0. The van der Waals surface area contributed by atoms with Gasteiger partial charge in [-0.05, 0) is 50.2 Å². The highest BCUT2D eigenvalue weighted by Gasteiger charge is 2.37. The first-order valence-electron chi connectivity index (χ1n) is 11.9. The van der Waals surface area contributed by atoms with Crippen LogP contribution in [0.3, 0.4) is 0 Å². The molecule has 9 heteroatoms. The van der Waals surface area contributed by atoms with Gasteiger partial charge in [0.2, 0.25) is 0 Å². The molecule has 30 heavy (non-hydrogen) atoms. The van der Waals surface area contributed by atoms with E-state index in [0.29, 0.717) is 23.9 Å². The normalized spacial score (nSPS) is 28.0. The zero-order valence-electron chi connectivity index (χ0n) is 19.0. The van der Waals surface area contributed by atoms with Gasteiger partial charge in [0.1, 0.15) is 28.1 Å². The van der Waals surface area contributed by atoms with Crippen LogP contribution < -0.4 is 0 Å². The number of ether oxygens (including phenoxy) is 6. The van der Waals surface area contributed by atoms with Gasteiger partial charge in [-0.3, -0.25) is 0 Å². The molecule has 3 fully saturated rings.